The predicted molar refractivity (Wildman–Crippen MR) is 72.9 cm³/mol. The largest absolute Gasteiger partial charge is 0.310 e. The molecule has 0 spiro atoms. The van der Waals surface area contributed by atoms with Gasteiger partial charge in [0.05, 0.1) is 0 Å². The predicted octanol–water partition coefficient (Wildman–Crippen LogP) is 5.41. The zero-order valence-electron chi connectivity index (χ0n) is 10.8. The summed E-state index contributed by atoms with van der Waals surface area (Å²) in [4.78, 5) is 21.6. The van der Waals surface area contributed by atoms with E-state index in [1.54, 1.807) is 6.07 Å². The molecule has 0 saturated carbocycles. The van der Waals surface area contributed by atoms with Gasteiger partial charge in [0.25, 0.3) is 0 Å². The molecule has 0 aliphatic heterocycles. The number of rotatable bonds is 4. The lowest BCUT2D eigenvalue weighted by Crippen LogP contribution is -2.14. The van der Waals surface area contributed by atoms with Crippen molar-refractivity contribution in [3.05, 3.63) is 65.7 Å². The average Bonchev–Trinajstić information content (AvgIpc) is 2.44. The zero-order chi connectivity index (χ0) is 16.7. The summed E-state index contributed by atoms with van der Waals surface area (Å²) in [6.07, 6.45) is 0. The highest BCUT2D eigenvalue weighted by Gasteiger charge is 2.65. The second kappa shape index (κ2) is 4.39. The molecule has 0 heterocycles. The molecule has 0 atom stereocenters. The van der Waals surface area contributed by atoms with Crippen molar-refractivity contribution >= 4 is 21.8 Å². The van der Waals surface area contributed by atoms with E-state index in [4.69, 9.17) is 0 Å². The van der Waals surface area contributed by atoms with Crippen LogP contribution in [0.5, 0.6) is 0 Å². The summed E-state index contributed by atoms with van der Waals surface area (Å²) in [5, 5.41) is 0. The van der Waals surface area contributed by atoms with Crippen LogP contribution in [0.1, 0.15) is 20.7 Å². The third kappa shape index (κ3) is 3.51. The van der Waals surface area contributed by atoms with Crippen molar-refractivity contribution in [3.8, 4) is 0 Å². The molecule has 0 unspecified atom stereocenters. The molecule has 0 fully saturated rings. The topological polar surface area (TPSA) is 34.1 Å². The zero-order valence-corrected chi connectivity index (χ0v) is 11.6. The van der Waals surface area contributed by atoms with Gasteiger partial charge in [-0.1, -0.05) is 49.8 Å². The van der Waals surface area contributed by atoms with Crippen molar-refractivity contribution in [2.24, 2.45) is 0 Å². The molecule has 8 heteroatoms. The Morgan fingerprint density at radius 1 is 0.636 bits per heavy atom. The minimum Gasteiger partial charge on any atom is -0.285 e. The number of halogens is 5. The lowest BCUT2D eigenvalue weighted by atomic mass is 10.0. The molecule has 0 amide bonds. The van der Waals surface area contributed by atoms with Gasteiger partial charge in [-0.15, -0.1) is 0 Å². The Balaban J connectivity index is 2.33. The molecular weight excluding hydrogens is 327 g/mol. The minimum atomic E-state index is -9.78. The van der Waals surface area contributed by atoms with Crippen LogP contribution in [0.25, 0.3) is 0 Å². The maximum atomic E-state index is 12.6. The fourth-order valence-corrected chi connectivity index (χ4v) is 2.37. The molecule has 0 bridgehead atoms. The van der Waals surface area contributed by atoms with Crippen LogP contribution in [-0.2, 0) is 0 Å². The normalized spacial score (nSPS) is 14.8. The Labute approximate surface area is 122 Å². The van der Waals surface area contributed by atoms with Crippen molar-refractivity contribution < 1.29 is 29.0 Å². The SMILES string of the molecule is O=C(C(=O)c1ccc(S(F)(F)(F)(F)F)cc1)c1ccccc1. The molecule has 22 heavy (non-hydrogen) atoms. The first-order valence-electron chi connectivity index (χ1n) is 5.87. The highest BCUT2D eigenvalue weighted by atomic mass is 32.5. The van der Waals surface area contributed by atoms with Crippen LogP contribution in [0.4, 0.5) is 19.4 Å². The second-order valence-electron chi connectivity index (χ2n) is 4.52. The number of carbonyl (C=O) groups is 2. The Morgan fingerprint density at radius 3 is 1.45 bits per heavy atom. The number of hydrogen-bond acceptors (Lipinski definition) is 2. The van der Waals surface area contributed by atoms with Gasteiger partial charge in [0.15, 0.2) is 0 Å². The van der Waals surface area contributed by atoms with E-state index in [1.807, 2.05) is 0 Å². The lowest BCUT2D eigenvalue weighted by molar-refractivity contribution is 0.0817. The standard InChI is InChI=1S/C14H9F5O2S/c15-22(16,17,18,19)12-8-6-11(7-9-12)14(21)13(20)10-4-2-1-3-5-10/h1-9H. The van der Waals surface area contributed by atoms with Crippen LogP contribution in [0.15, 0.2) is 59.5 Å². The minimum absolute atomic E-state index is 0.0595. The van der Waals surface area contributed by atoms with E-state index in [-0.39, 0.29) is 23.3 Å². The van der Waals surface area contributed by atoms with E-state index in [0.717, 1.165) is 0 Å². The molecule has 2 rings (SSSR count). The summed E-state index contributed by atoms with van der Waals surface area (Å²) in [7, 11) is -9.78. The number of ketones is 2. The van der Waals surface area contributed by atoms with Gasteiger partial charge in [-0.3, -0.25) is 9.59 Å². The molecule has 0 aliphatic carbocycles. The van der Waals surface area contributed by atoms with Gasteiger partial charge < -0.3 is 0 Å². The Morgan fingerprint density at radius 2 is 1.05 bits per heavy atom. The molecule has 2 aromatic carbocycles. The van der Waals surface area contributed by atoms with Crippen LogP contribution < -0.4 is 0 Å². The fraction of sp³-hybridized carbons (Fsp3) is 0. The van der Waals surface area contributed by atoms with Crippen molar-refractivity contribution in [2.75, 3.05) is 0 Å². The lowest BCUT2D eigenvalue weighted by Gasteiger charge is -2.40. The maximum Gasteiger partial charge on any atom is 0.310 e. The number of Topliss-reactive ketones (excluding diaryl/α,β-unsaturated/α-hetero) is 2. The first-order chi connectivity index (χ1) is 9.88. The summed E-state index contributed by atoms with van der Waals surface area (Å²) in [6.45, 7) is 0. The fourth-order valence-electron chi connectivity index (χ4n) is 1.72. The van der Waals surface area contributed by atoms with Crippen LogP contribution in [-0.4, -0.2) is 11.6 Å². The first kappa shape index (κ1) is 16.2. The van der Waals surface area contributed by atoms with Crippen LogP contribution in [0.3, 0.4) is 0 Å². The molecule has 2 aromatic rings. The van der Waals surface area contributed by atoms with Gasteiger partial charge in [-0.25, -0.2) is 0 Å². The van der Waals surface area contributed by atoms with Crippen molar-refractivity contribution in [1.29, 1.82) is 0 Å². The molecule has 0 radical (unpaired) electrons. The summed E-state index contributed by atoms with van der Waals surface area (Å²) in [6, 6.07) is 8.71. The number of hydrogen-bond donors (Lipinski definition) is 0. The van der Waals surface area contributed by atoms with E-state index in [2.05, 4.69) is 0 Å². The molecule has 0 aromatic heterocycles. The Hall–Kier alpha value is -2.22. The van der Waals surface area contributed by atoms with Crippen LogP contribution in [0, 0.1) is 0 Å². The van der Waals surface area contributed by atoms with Crippen LogP contribution in [0.2, 0.25) is 0 Å². The highest BCUT2D eigenvalue weighted by Crippen LogP contribution is 3.02. The summed E-state index contributed by atoms with van der Waals surface area (Å²) < 4.78 is 62.8. The van der Waals surface area contributed by atoms with E-state index in [1.165, 1.54) is 24.3 Å². The van der Waals surface area contributed by atoms with E-state index in [0.29, 0.717) is 12.1 Å². The van der Waals surface area contributed by atoms with Crippen LogP contribution >= 0.6 is 10.2 Å². The Kier molecular flexibility index (Phi) is 3.22. The average molecular weight is 336 g/mol. The maximum absolute atomic E-state index is 12.6. The smallest absolute Gasteiger partial charge is 0.285 e. The quantitative estimate of drug-likeness (QED) is 0.425. The van der Waals surface area contributed by atoms with E-state index >= 15 is 0 Å². The van der Waals surface area contributed by atoms with E-state index < -0.39 is 26.7 Å². The van der Waals surface area contributed by atoms with Crippen molar-refractivity contribution in [2.45, 2.75) is 4.90 Å². The van der Waals surface area contributed by atoms with Crippen molar-refractivity contribution in [3.63, 3.8) is 0 Å². The van der Waals surface area contributed by atoms with Gasteiger partial charge in [-0.2, -0.15) is 0 Å². The number of benzene rings is 2. The molecule has 118 valence electrons. The molecular formula is C14H9F5O2S. The van der Waals surface area contributed by atoms with Gasteiger partial charge in [0.1, 0.15) is 4.90 Å². The van der Waals surface area contributed by atoms with Gasteiger partial charge in [0.2, 0.25) is 11.6 Å². The summed E-state index contributed by atoms with van der Waals surface area (Å²) >= 11 is 0. The second-order valence-corrected chi connectivity index (χ2v) is 6.93. The van der Waals surface area contributed by atoms with Gasteiger partial charge >= 0.3 is 10.2 Å². The monoisotopic (exact) mass is 336 g/mol. The molecule has 0 saturated heterocycles. The summed E-state index contributed by atoms with van der Waals surface area (Å²) in [5.74, 6) is -2.00. The molecule has 0 aliphatic rings. The molecule has 2 nitrogen and oxygen atoms in total. The van der Waals surface area contributed by atoms with E-state index in [9.17, 15) is 29.0 Å². The van der Waals surface area contributed by atoms with Gasteiger partial charge in [0, 0.05) is 11.1 Å². The summed E-state index contributed by atoms with van der Waals surface area (Å²) in [5.41, 5.74) is -0.330. The third-order valence-corrected chi connectivity index (χ3v) is 3.97. The molecule has 0 N–H and O–H groups in total. The Bertz CT molecular complexity index is 737. The van der Waals surface area contributed by atoms with Gasteiger partial charge in [-0.05, 0) is 24.3 Å². The third-order valence-electron chi connectivity index (χ3n) is 2.80. The number of carbonyl (C=O) groups excluding carboxylic acids is 2. The highest BCUT2D eigenvalue weighted by molar-refractivity contribution is 8.45. The first-order valence-corrected chi connectivity index (χ1v) is 7.82. The van der Waals surface area contributed by atoms with Crippen molar-refractivity contribution in [1.82, 2.24) is 0 Å².